The summed E-state index contributed by atoms with van der Waals surface area (Å²) in [4.78, 5) is 12.3. The van der Waals surface area contributed by atoms with Crippen LogP contribution in [0, 0.1) is 71.1 Å². The number of hydrogen-bond acceptors (Lipinski definition) is 2. The van der Waals surface area contributed by atoms with Crippen LogP contribution in [0.1, 0.15) is 45.7 Å². The monoisotopic (exact) mass is 384 g/mol. The van der Waals surface area contributed by atoms with Gasteiger partial charge in [0.25, 0.3) is 0 Å². The third-order valence-corrected chi connectivity index (χ3v) is 5.48. The molecule has 2 nitrogen and oxygen atoms in total. The molecule has 0 bridgehead atoms. The van der Waals surface area contributed by atoms with Crippen molar-refractivity contribution < 1.29 is 27.1 Å². The van der Waals surface area contributed by atoms with Crippen LogP contribution in [0.3, 0.4) is 0 Å². The second-order valence-electron chi connectivity index (χ2n) is 8.07. The summed E-state index contributed by atoms with van der Waals surface area (Å²) >= 11 is 0. The zero-order chi connectivity index (χ0) is 20.7. The smallest absolute Gasteiger partial charge is 0.311 e. The molecule has 0 aliphatic heterocycles. The minimum absolute atomic E-state index is 0.166. The van der Waals surface area contributed by atoms with Crippen molar-refractivity contribution in [2.24, 2.45) is 29.1 Å². The average Bonchev–Trinajstić information content (AvgIpc) is 3.16. The van der Waals surface area contributed by atoms with Gasteiger partial charge >= 0.3 is 5.97 Å². The van der Waals surface area contributed by atoms with Crippen molar-refractivity contribution in [3.63, 3.8) is 0 Å². The van der Waals surface area contributed by atoms with E-state index < -0.39 is 58.3 Å². The van der Waals surface area contributed by atoms with Gasteiger partial charge in [-0.15, -0.1) is 0 Å². The highest BCUT2D eigenvalue weighted by atomic mass is 19.2. The summed E-state index contributed by atoms with van der Waals surface area (Å²) in [5, 5.41) is 0. The van der Waals surface area contributed by atoms with Gasteiger partial charge in [0.2, 0.25) is 0 Å². The molecule has 1 aromatic rings. The fraction of sp³-hybridized carbons (Fsp3) is 0.571. The highest BCUT2D eigenvalue weighted by Crippen LogP contribution is 2.58. The molecular weight excluding hydrogens is 360 g/mol. The standard InChI is InChI=1S/C21H24F4O2/c1-10(2)11(3)7-8-14-15(21(14,5)6)20(26)27-9-13-18(24)16(22)12(4)17(23)19(13)25/h10-11,14-15H,9H2,1-6H3. The van der Waals surface area contributed by atoms with E-state index in [0.29, 0.717) is 5.92 Å². The average molecular weight is 384 g/mol. The molecule has 0 saturated heterocycles. The first-order chi connectivity index (χ1) is 12.4. The van der Waals surface area contributed by atoms with E-state index in [0.717, 1.165) is 6.92 Å². The Morgan fingerprint density at radius 3 is 2.07 bits per heavy atom. The molecule has 148 valence electrons. The Morgan fingerprint density at radius 2 is 1.59 bits per heavy atom. The number of halogens is 4. The van der Waals surface area contributed by atoms with Gasteiger partial charge < -0.3 is 4.74 Å². The Kier molecular flexibility index (Phi) is 5.94. The SMILES string of the molecule is Cc1c(F)c(F)c(COC(=O)C2C(C#CC(C)C(C)C)C2(C)C)c(F)c1F. The van der Waals surface area contributed by atoms with Crippen molar-refractivity contribution in [2.75, 3.05) is 0 Å². The van der Waals surface area contributed by atoms with Crippen LogP contribution < -0.4 is 0 Å². The summed E-state index contributed by atoms with van der Waals surface area (Å²) in [5.41, 5.74) is -2.11. The summed E-state index contributed by atoms with van der Waals surface area (Å²) in [6, 6.07) is 0. The summed E-state index contributed by atoms with van der Waals surface area (Å²) < 4.78 is 60.0. The summed E-state index contributed by atoms with van der Waals surface area (Å²) in [6.45, 7) is 9.85. The van der Waals surface area contributed by atoms with Gasteiger partial charge in [0.15, 0.2) is 23.3 Å². The fourth-order valence-electron chi connectivity index (χ4n) is 2.88. The first kappa shape index (κ1) is 21.3. The molecule has 0 spiro atoms. The van der Waals surface area contributed by atoms with Gasteiger partial charge in [-0.1, -0.05) is 46.5 Å². The van der Waals surface area contributed by atoms with Crippen LogP contribution in [-0.2, 0) is 16.1 Å². The molecule has 0 heterocycles. The zero-order valence-electron chi connectivity index (χ0n) is 16.3. The Morgan fingerprint density at radius 1 is 1.07 bits per heavy atom. The lowest BCUT2D eigenvalue weighted by Crippen LogP contribution is -2.14. The van der Waals surface area contributed by atoms with Crippen LogP contribution in [0.5, 0.6) is 0 Å². The van der Waals surface area contributed by atoms with Crippen LogP contribution in [0.15, 0.2) is 0 Å². The van der Waals surface area contributed by atoms with E-state index in [1.54, 1.807) is 0 Å². The maximum Gasteiger partial charge on any atom is 0.311 e. The molecule has 2 rings (SSSR count). The molecule has 27 heavy (non-hydrogen) atoms. The number of rotatable bonds is 4. The molecule has 3 unspecified atom stereocenters. The van der Waals surface area contributed by atoms with Crippen molar-refractivity contribution in [3.05, 3.63) is 34.4 Å². The summed E-state index contributed by atoms with van der Waals surface area (Å²) in [7, 11) is 0. The first-order valence-electron chi connectivity index (χ1n) is 8.90. The Balaban J connectivity index is 2.11. The third kappa shape index (κ3) is 3.97. The fourth-order valence-corrected chi connectivity index (χ4v) is 2.88. The van der Waals surface area contributed by atoms with E-state index in [1.165, 1.54) is 0 Å². The first-order valence-corrected chi connectivity index (χ1v) is 8.90. The number of esters is 1. The molecule has 3 atom stereocenters. The zero-order valence-corrected chi connectivity index (χ0v) is 16.3. The van der Waals surface area contributed by atoms with Crippen LogP contribution in [0.25, 0.3) is 0 Å². The van der Waals surface area contributed by atoms with Gasteiger partial charge in [-0.05, 0) is 18.3 Å². The molecular formula is C21H24F4O2. The van der Waals surface area contributed by atoms with Gasteiger partial charge in [0, 0.05) is 17.4 Å². The van der Waals surface area contributed by atoms with E-state index in [9.17, 15) is 22.4 Å². The minimum atomic E-state index is -1.55. The molecule has 6 heteroatoms. The Labute approximate surface area is 157 Å². The van der Waals surface area contributed by atoms with Gasteiger partial charge in [0.05, 0.1) is 11.5 Å². The molecule has 0 aromatic heterocycles. The topological polar surface area (TPSA) is 26.3 Å². The summed E-state index contributed by atoms with van der Waals surface area (Å²) in [5.74, 6) is -0.774. The molecule has 0 N–H and O–H groups in total. The third-order valence-electron chi connectivity index (χ3n) is 5.48. The van der Waals surface area contributed by atoms with E-state index in [2.05, 4.69) is 11.8 Å². The molecule has 1 aromatic carbocycles. The number of carbonyl (C=O) groups is 1. The molecule has 1 saturated carbocycles. The molecule has 1 aliphatic rings. The second kappa shape index (κ2) is 7.53. The molecule has 0 radical (unpaired) electrons. The largest absolute Gasteiger partial charge is 0.460 e. The van der Waals surface area contributed by atoms with Crippen molar-refractivity contribution >= 4 is 5.97 Å². The minimum Gasteiger partial charge on any atom is -0.460 e. The molecule has 1 fully saturated rings. The van der Waals surface area contributed by atoms with Crippen molar-refractivity contribution in [2.45, 2.75) is 48.1 Å². The lowest BCUT2D eigenvalue weighted by molar-refractivity contribution is -0.147. The second-order valence-corrected chi connectivity index (χ2v) is 8.07. The molecule has 1 aliphatic carbocycles. The Hall–Kier alpha value is -2.03. The van der Waals surface area contributed by atoms with E-state index >= 15 is 0 Å². The highest BCUT2D eigenvalue weighted by molar-refractivity contribution is 5.78. The van der Waals surface area contributed by atoms with Crippen LogP contribution in [-0.4, -0.2) is 5.97 Å². The maximum atomic E-state index is 13.9. The van der Waals surface area contributed by atoms with Gasteiger partial charge in [-0.2, -0.15) is 0 Å². The highest BCUT2D eigenvalue weighted by Gasteiger charge is 2.62. The number of hydrogen-bond donors (Lipinski definition) is 0. The number of benzene rings is 1. The maximum absolute atomic E-state index is 13.9. The van der Waals surface area contributed by atoms with E-state index in [1.807, 2.05) is 34.6 Å². The van der Waals surface area contributed by atoms with Crippen LogP contribution in [0.2, 0.25) is 0 Å². The van der Waals surface area contributed by atoms with Crippen LogP contribution >= 0.6 is 0 Å². The van der Waals surface area contributed by atoms with Crippen molar-refractivity contribution in [1.29, 1.82) is 0 Å². The predicted molar refractivity (Wildman–Crippen MR) is 93.3 cm³/mol. The van der Waals surface area contributed by atoms with Crippen molar-refractivity contribution in [3.8, 4) is 11.8 Å². The number of carbonyl (C=O) groups excluding carboxylic acids is 1. The van der Waals surface area contributed by atoms with E-state index in [-0.39, 0.29) is 11.8 Å². The predicted octanol–water partition coefficient (Wildman–Crippen LogP) is 5.16. The lowest BCUT2D eigenvalue weighted by atomic mass is 9.98. The summed E-state index contributed by atoms with van der Waals surface area (Å²) in [6.07, 6.45) is 0. The lowest BCUT2D eigenvalue weighted by Gasteiger charge is -2.10. The Bertz CT molecular complexity index is 789. The van der Waals surface area contributed by atoms with Gasteiger partial charge in [0.1, 0.15) is 6.61 Å². The van der Waals surface area contributed by atoms with Crippen molar-refractivity contribution in [1.82, 2.24) is 0 Å². The normalized spacial score (nSPS) is 21.4. The van der Waals surface area contributed by atoms with Crippen LogP contribution in [0.4, 0.5) is 17.6 Å². The molecule has 0 amide bonds. The quantitative estimate of drug-likeness (QED) is 0.310. The van der Waals surface area contributed by atoms with E-state index in [4.69, 9.17) is 4.74 Å². The van der Waals surface area contributed by atoms with Gasteiger partial charge in [-0.3, -0.25) is 4.79 Å². The number of ether oxygens (including phenoxy) is 1. The van der Waals surface area contributed by atoms with Gasteiger partial charge in [-0.25, -0.2) is 17.6 Å².